The minimum atomic E-state index is -0.828. The van der Waals surface area contributed by atoms with Crippen LogP contribution >= 0.6 is 11.3 Å². The fourth-order valence-electron chi connectivity index (χ4n) is 2.81. The molecule has 1 saturated carbocycles. The summed E-state index contributed by atoms with van der Waals surface area (Å²) in [5, 5.41) is 12.2. The lowest BCUT2D eigenvalue weighted by molar-refractivity contribution is -0.151. The van der Waals surface area contributed by atoms with Crippen LogP contribution in [0.5, 0.6) is 0 Å². The van der Waals surface area contributed by atoms with Crippen LogP contribution in [0.1, 0.15) is 47.4 Å². The number of thiophene rings is 1. The first kappa shape index (κ1) is 15.0. The Bertz CT molecular complexity index is 496. The number of carbonyl (C=O) groups excluding carboxylic acids is 1. The van der Waals surface area contributed by atoms with Crippen LogP contribution in [-0.4, -0.2) is 17.0 Å². The van der Waals surface area contributed by atoms with Crippen molar-refractivity contribution in [3.8, 4) is 0 Å². The molecular weight excluding hydrogens is 274 g/mol. The maximum absolute atomic E-state index is 12.0. The first-order valence-electron chi connectivity index (χ1n) is 6.99. The molecule has 2 N–H and O–H groups in total. The van der Waals surface area contributed by atoms with Crippen LogP contribution in [0.25, 0.3) is 0 Å². The number of aliphatic carboxylic acids is 1. The molecule has 1 aliphatic carbocycles. The Labute approximate surface area is 123 Å². The zero-order valence-corrected chi connectivity index (χ0v) is 12.8. The maximum Gasteiger partial charge on any atom is 0.310 e. The fraction of sp³-hybridized carbons (Fsp3) is 0.600. The molecular formula is C15H21NO3S. The third-order valence-corrected chi connectivity index (χ3v) is 5.34. The van der Waals surface area contributed by atoms with Crippen molar-refractivity contribution < 1.29 is 14.7 Å². The topological polar surface area (TPSA) is 66.4 Å². The van der Waals surface area contributed by atoms with Crippen molar-refractivity contribution in [2.24, 2.45) is 5.41 Å². The number of aryl methyl sites for hydroxylation is 2. The average molecular weight is 295 g/mol. The number of rotatable bonds is 5. The van der Waals surface area contributed by atoms with E-state index in [0.717, 1.165) is 17.7 Å². The van der Waals surface area contributed by atoms with Crippen molar-refractivity contribution in [3.63, 3.8) is 0 Å². The van der Waals surface area contributed by atoms with E-state index in [9.17, 15) is 14.7 Å². The molecule has 0 aliphatic heterocycles. The van der Waals surface area contributed by atoms with E-state index < -0.39 is 11.4 Å². The predicted octanol–water partition coefficient (Wildman–Crippen LogP) is 3.02. The Kier molecular flexibility index (Phi) is 4.48. The first-order chi connectivity index (χ1) is 9.43. The van der Waals surface area contributed by atoms with Gasteiger partial charge in [0.25, 0.3) is 0 Å². The van der Waals surface area contributed by atoms with Crippen molar-refractivity contribution >= 4 is 23.2 Å². The summed E-state index contributed by atoms with van der Waals surface area (Å²) in [6.07, 6.45) is 3.15. The number of nitrogens with one attached hydrogen (secondary N) is 1. The highest BCUT2D eigenvalue weighted by Crippen LogP contribution is 2.41. The largest absolute Gasteiger partial charge is 0.481 e. The highest BCUT2D eigenvalue weighted by molar-refractivity contribution is 7.12. The zero-order valence-electron chi connectivity index (χ0n) is 12.0. The van der Waals surface area contributed by atoms with Gasteiger partial charge < -0.3 is 10.4 Å². The Balaban J connectivity index is 1.90. The highest BCUT2D eigenvalue weighted by Gasteiger charge is 2.42. The van der Waals surface area contributed by atoms with Crippen LogP contribution < -0.4 is 5.32 Å². The van der Waals surface area contributed by atoms with E-state index >= 15 is 0 Å². The molecule has 1 aromatic rings. The second kappa shape index (κ2) is 5.95. The van der Waals surface area contributed by atoms with Gasteiger partial charge in [-0.3, -0.25) is 9.59 Å². The van der Waals surface area contributed by atoms with Gasteiger partial charge in [-0.05, 0) is 38.3 Å². The molecule has 0 unspecified atom stereocenters. The first-order valence-corrected chi connectivity index (χ1v) is 7.81. The lowest BCUT2D eigenvalue weighted by atomic mass is 9.82. The highest BCUT2D eigenvalue weighted by atomic mass is 32.1. The lowest BCUT2D eigenvalue weighted by Crippen LogP contribution is -2.35. The monoisotopic (exact) mass is 295 g/mol. The second-order valence-electron chi connectivity index (χ2n) is 5.70. The van der Waals surface area contributed by atoms with Crippen LogP contribution in [0.4, 0.5) is 0 Å². The van der Waals surface area contributed by atoms with Gasteiger partial charge in [0.1, 0.15) is 0 Å². The standard InChI is InChI=1S/C15H21NO3S/c1-10-7-12(20-11(10)2)9-16-13(17)8-15(14(18)19)5-3-4-6-15/h7H,3-6,8-9H2,1-2H3,(H,16,17)(H,18,19). The van der Waals surface area contributed by atoms with E-state index in [2.05, 4.69) is 25.2 Å². The van der Waals surface area contributed by atoms with Gasteiger partial charge in [0, 0.05) is 16.2 Å². The van der Waals surface area contributed by atoms with Crippen molar-refractivity contribution in [2.75, 3.05) is 0 Å². The van der Waals surface area contributed by atoms with Gasteiger partial charge in [0.05, 0.1) is 12.0 Å². The fourth-order valence-corrected chi connectivity index (χ4v) is 3.80. The van der Waals surface area contributed by atoms with Crippen molar-refractivity contribution in [3.05, 3.63) is 21.4 Å². The van der Waals surface area contributed by atoms with E-state index in [1.807, 2.05) is 0 Å². The van der Waals surface area contributed by atoms with Gasteiger partial charge in [0.2, 0.25) is 5.91 Å². The summed E-state index contributed by atoms with van der Waals surface area (Å²) < 4.78 is 0. The Morgan fingerprint density at radius 2 is 2.00 bits per heavy atom. The van der Waals surface area contributed by atoms with Crippen LogP contribution in [0.3, 0.4) is 0 Å². The minimum absolute atomic E-state index is 0.103. The molecule has 0 radical (unpaired) electrons. The SMILES string of the molecule is Cc1cc(CNC(=O)CC2(C(=O)O)CCCC2)sc1C. The van der Waals surface area contributed by atoms with Crippen LogP contribution in [0.15, 0.2) is 6.07 Å². The summed E-state index contributed by atoms with van der Waals surface area (Å²) in [7, 11) is 0. The molecule has 20 heavy (non-hydrogen) atoms. The number of carboxylic acid groups (broad SMARTS) is 1. The molecule has 110 valence electrons. The molecule has 0 aromatic carbocycles. The number of hydrogen-bond acceptors (Lipinski definition) is 3. The number of amides is 1. The zero-order chi connectivity index (χ0) is 14.8. The molecule has 0 saturated heterocycles. The molecule has 2 rings (SSSR count). The van der Waals surface area contributed by atoms with E-state index in [1.54, 1.807) is 11.3 Å². The summed E-state index contributed by atoms with van der Waals surface area (Å²) >= 11 is 1.67. The Hall–Kier alpha value is -1.36. The van der Waals surface area contributed by atoms with Gasteiger partial charge in [-0.1, -0.05) is 12.8 Å². The van der Waals surface area contributed by atoms with Crippen molar-refractivity contribution in [1.29, 1.82) is 0 Å². The van der Waals surface area contributed by atoms with Crippen LogP contribution in [0, 0.1) is 19.3 Å². The van der Waals surface area contributed by atoms with Gasteiger partial charge in [-0.2, -0.15) is 0 Å². The second-order valence-corrected chi connectivity index (χ2v) is 7.04. The third kappa shape index (κ3) is 3.20. The maximum atomic E-state index is 12.0. The van der Waals surface area contributed by atoms with Gasteiger partial charge in [0.15, 0.2) is 0 Å². The predicted molar refractivity (Wildman–Crippen MR) is 78.8 cm³/mol. The molecule has 1 fully saturated rings. The van der Waals surface area contributed by atoms with Crippen LogP contribution in [0.2, 0.25) is 0 Å². The molecule has 5 heteroatoms. The third-order valence-electron chi connectivity index (χ3n) is 4.19. The molecule has 0 atom stereocenters. The molecule has 1 aromatic heterocycles. The van der Waals surface area contributed by atoms with Gasteiger partial charge >= 0.3 is 5.97 Å². The molecule has 1 aliphatic rings. The number of carbonyl (C=O) groups is 2. The summed E-state index contributed by atoms with van der Waals surface area (Å²) in [5.74, 6) is -0.981. The summed E-state index contributed by atoms with van der Waals surface area (Å²) in [6, 6.07) is 2.07. The van der Waals surface area contributed by atoms with E-state index in [4.69, 9.17) is 0 Å². The molecule has 4 nitrogen and oxygen atoms in total. The van der Waals surface area contributed by atoms with Crippen LogP contribution in [-0.2, 0) is 16.1 Å². The normalized spacial score (nSPS) is 17.1. The van der Waals surface area contributed by atoms with Gasteiger partial charge in [-0.15, -0.1) is 11.3 Å². The van der Waals surface area contributed by atoms with Crippen molar-refractivity contribution in [2.45, 2.75) is 52.5 Å². The number of hydrogen-bond donors (Lipinski definition) is 2. The van der Waals surface area contributed by atoms with Crippen molar-refractivity contribution in [1.82, 2.24) is 5.32 Å². The summed E-state index contributed by atoms with van der Waals surface area (Å²) in [5.41, 5.74) is 0.405. The Morgan fingerprint density at radius 3 is 2.50 bits per heavy atom. The van der Waals surface area contributed by atoms with Gasteiger partial charge in [-0.25, -0.2) is 0 Å². The van der Waals surface area contributed by atoms with E-state index in [1.165, 1.54) is 10.4 Å². The molecule has 1 amide bonds. The average Bonchev–Trinajstić information content (AvgIpc) is 2.96. The quantitative estimate of drug-likeness (QED) is 0.877. The molecule has 0 spiro atoms. The summed E-state index contributed by atoms with van der Waals surface area (Å²) in [6.45, 7) is 4.60. The van der Waals surface area contributed by atoms with E-state index in [0.29, 0.717) is 19.4 Å². The molecule has 0 bridgehead atoms. The lowest BCUT2D eigenvalue weighted by Gasteiger charge is -2.22. The Morgan fingerprint density at radius 1 is 1.35 bits per heavy atom. The summed E-state index contributed by atoms with van der Waals surface area (Å²) in [4.78, 5) is 25.8. The molecule has 1 heterocycles. The number of carboxylic acids is 1. The smallest absolute Gasteiger partial charge is 0.310 e. The minimum Gasteiger partial charge on any atom is -0.481 e. The van der Waals surface area contributed by atoms with E-state index in [-0.39, 0.29) is 12.3 Å².